The number of fused-ring (bicyclic) bond motifs is 1. The van der Waals surface area contributed by atoms with Gasteiger partial charge in [0.1, 0.15) is 11.0 Å². The lowest BCUT2D eigenvalue weighted by molar-refractivity contribution is -0.111. The Balaban J connectivity index is 1.43. The fourth-order valence-electron chi connectivity index (χ4n) is 3.59. The Bertz CT molecular complexity index is 1120. The van der Waals surface area contributed by atoms with Crippen LogP contribution in [0, 0.1) is 0 Å². The van der Waals surface area contributed by atoms with Crippen molar-refractivity contribution < 1.29 is 13.4 Å². The van der Waals surface area contributed by atoms with Gasteiger partial charge < -0.3 is 9.73 Å². The molecule has 0 saturated carbocycles. The summed E-state index contributed by atoms with van der Waals surface area (Å²) in [4.78, 5) is 24.3. The summed E-state index contributed by atoms with van der Waals surface area (Å²) < 4.78 is 21.9. The van der Waals surface area contributed by atoms with Crippen LogP contribution in [0.3, 0.4) is 0 Å². The number of nitrogens with zero attached hydrogens (tertiary/aromatic N) is 2. The van der Waals surface area contributed by atoms with E-state index in [1.54, 1.807) is 34.9 Å². The van der Waals surface area contributed by atoms with Crippen LogP contribution in [-0.2, 0) is 15.8 Å². The molecule has 1 aliphatic rings. The molecule has 2 aromatic carbocycles. The maximum absolute atomic E-state index is 12.9. The van der Waals surface area contributed by atoms with Gasteiger partial charge in [-0.2, -0.15) is 0 Å². The highest BCUT2D eigenvalue weighted by Gasteiger charge is 2.27. The minimum atomic E-state index is -1.30. The molecule has 1 unspecified atom stereocenters. The largest absolute Gasteiger partial charge is 0.420 e. The minimum Gasteiger partial charge on any atom is -0.408 e. The number of carbonyl (C=O) groups is 1. The molecule has 0 bridgehead atoms. The molecule has 0 aliphatic carbocycles. The Morgan fingerprint density at radius 2 is 1.83 bits per heavy atom. The molecular weight excluding hydrogens is 390 g/mol. The number of para-hydroxylation sites is 2. The molecule has 3 aromatic rings. The Labute approximate surface area is 170 Å². The number of aromatic nitrogens is 1. The number of rotatable bonds is 5. The van der Waals surface area contributed by atoms with Gasteiger partial charge in [-0.3, -0.25) is 9.36 Å². The summed E-state index contributed by atoms with van der Waals surface area (Å²) in [6.07, 6.45) is 2.62. The molecule has 1 aromatic heterocycles. The first-order valence-corrected chi connectivity index (χ1v) is 10.5. The predicted octanol–water partition coefficient (Wildman–Crippen LogP) is 3.08. The number of oxazole rings is 1. The van der Waals surface area contributed by atoms with E-state index in [0.717, 1.165) is 5.52 Å². The number of nitrogens with one attached hydrogen (secondary N) is 1. The molecule has 1 aliphatic heterocycles. The van der Waals surface area contributed by atoms with Crippen molar-refractivity contribution in [2.24, 2.45) is 0 Å². The van der Waals surface area contributed by atoms with Gasteiger partial charge in [-0.1, -0.05) is 18.7 Å². The summed E-state index contributed by atoms with van der Waals surface area (Å²) in [7, 11) is -1.30. The van der Waals surface area contributed by atoms with E-state index in [0.29, 0.717) is 42.1 Å². The summed E-state index contributed by atoms with van der Waals surface area (Å²) in [5, 5.41) is 2.67. The molecule has 2 heterocycles. The van der Waals surface area contributed by atoms with Crippen molar-refractivity contribution in [3.63, 3.8) is 0 Å². The fourth-order valence-corrected chi connectivity index (χ4v) is 4.80. The lowest BCUT2D eigenvalue weighted by Crippen LogP contribution is -2.37. The first kappa shape index (κ1) is 19.4. The Hall–Kier alpha value is -2.97. The summed E-state index contributed by atoms with van der Waals surface area (Å²) in [5.74, 6) is -0.633. The van der Waals surface area contributed by atoms with Gasteiger partial charge in [0.25, 0.3) is 0 Å². The van der Waals surface area contributed by atoms with E-state index < -0.39 is 11.0 Å². The number of amides is 1. The van der Waals surface area contributed by atoms with E-state index >= 15 is 0 Å². The zero-order valence-corrected chi connectivity index (χ0v) is 16.6. The molecule has 1 N–H and O–H groups in total. The van der Waals surface area contributed by atoms with Gasteiger partial charge in [-0.15, -0.1) is 0 Å². The van der Waals surface area contributed by atoms with Crippen LogP contribution in [0.15, 0.2) is 75.3 Å². The van der Waals surface area contributed by atoms with Crippen molar-refractivity contribution in [3.8, 4) is 0 Å². The second kappa shape index (κ2) is 8.18. The first-order valence-electron chi connectivity index (χ1n) is 9.37. The molecule has 7 nitrogen and oxygen atoms in total. The lowest BCUT2D eigenvalue weighted by atomic mass is 10.1. The van der Waals surface area contributed by atoms with Crippen LogP contribution in [0.25, 0.3) is 11.1 Å². The molecule has 1 saturated heterocycles. The van der Waals surface area contributed by atoms with Gasteiger partial charge >= 0.3 is 5.76 Å². The maximum Gasteiger partial charge on any atom is 0.420 e. The second-order valence-corrected chi connectivity index (χ2v) is 8.32. The van der Waals surface area contributed by atoms with Crippen LogP contribution in [0.4, 0.5) is 5.69 Å². The van der Waals surface area contributed by atoms with E-state index in [9.17, 15) is 13.8 Å². The number of anilines is 1. The summed E-state index contributed by atoms with van der Waals surface area (Å²) in [5.41, 5.74) is 2.02. The lowest BCUT2D eigenvalue weighted by Gasteiger charge is -2.31. The van der Waals surface area contributed by atoms with E-state index in [4.69, 9.17) is 4.42 Å². The SMILES string of the molecule is C=CC(=O)Nc1ccc(S(=O)N2CCC(n3c(=O)oc4ccccc43)CC2)cc1. The highest BCUT2D eigenvalue weighted by atomic mass is 32.2. The molecule has 0 radical (unpaired) electrons. The zero-order valence-electron chi connectivity index (χ0n) is 15.7. The summed E-state index contributed by atoms with van der Waals surface area (Å²) >= 11 is 0. The molecule has 8 heteroatoms. The van der Waals surface area contributed by atoms with Crippen LogP contribution in [0.1, 0.15) is 18.9 Å². The third-order valence-corrected chi connectivity index (χ3v) is 6.56. The van der Waals surface area contributed by atoms with Crippen LogP contribution >= 0.6 is 0 Å². The number of hydrogen-bond acceptors (Lipinski definition) is 4. The van der Waals surface area contributed by atoms with Crippen molar-refractivity contribution in [1.29, 1.82) is 0 Å². The maximum atomic E-state index is 12.9. The van der Waals surface area contributed by atoms with Crippen molar-refractivity contribution in [2.75, 3.05) is 18.4 Å². The van der Waals surface area contributed by atoms with Gasteiger partial charge in [-0.05, 0) is 55.3 Å². The average molecular weight is 411 g/mol. The minimum absolute atomic E-state index is 0.0240. The molecule has 150 valence electrons. The summed E-state index contributed by atoms with van der Waals surface area (Å²) in [6, 6.07) is 14.4. The van der Waals surface area contributed by atoms with E-state index in [2.05, 4.69) is 11.9 Å². The standard InChI is InChI=1S/C21H21N3O4S/c1-2-20(25)22-15-7-9-17(10-8-15)29(27)23-13-11-16(12-14-23)24-18-5-3-4-6-19(18)28-21(24)26/h2-10,16H,1,11-14H2,(H,22,25). The van der Waals surface area contributed by atoms with Crippen molar-refractivity contribution in [2.45, 2.75) is 23.8 Å². The number of hydrogen-bond donors (Lipinski definition) is 1. The van der Waals surface area contributed by atoms with E-state index in [-0.39, 0.29) is 17.7 Å². The Morgan fingerprint density at radius 3 is 2.52 bits per heavy atom. The molecule has 1 atom stereocenters. The van der Waals surface area contributed by atoms with Crippen LogP contribution in [-0.4, -0.2) is 32.1 Å². The Morgan fingerprint density at radius 1 is 1.14 bits per heavy atom. The monoisotopic (exact) mass is 411 g/mol. The van der Waals surface area contributed by atoms with Gasteiger partial charge in [0.05, 0.1) is 10.4 Å². The third kappa shape index (κ3) is 3.94. The first-order chi connectivity index (χ1) is 14.1. The van der Waals surface area contributed by atoms with Crippen LogP contribution in [0.2, 0.25) is 0 Å². The average Bonchev–Trinajstić information content (AvgIpc) is 3.09. The van der Waals surface area contributed by atoms with Crippen LogP contribution < -0.4 is 11.1 Å². The predicted molar refractivity (Wildman–Crippen MR) is 112 cm³/mol. The normalized spacial score (nSPS) is 16.6. The third-order valence-electron chi connectivity index (χ3n) is 5.05. The van der Waals surface area contributed by atoms with Gasteiger partial charge in [-0.25, -0.2) is 13.3 Å². The fraction of sp³-hybridized carbons (Fsp3) is 0.238. The number of carbonyl (C=O) groups excluding carboxylic acids is 1. The molecular formula is C21H21N3O4S. The molecule has 4 rings (SSSR count). The van der Waals surface area contributed by atoms with E-state index in [1.165, 1.54) is 6.08 Å². The second-order valence-electron chi connectivity index (χ2n) is 6.83. The molecule has 29 heavy (non-hydrogen) atoms. The Kier molecular flexibility index (Phi) is 5.46. The quantitative estimate of drug-likeness (QED) is 0.654. The van der Waals surface area contributed by atoms with Crippen LogP contribution in [0.5, 0.6) is 0 Å². The van der Waals surface area contributed by atoms with Gasteiger partial charge in [0.2, 0.25) is 5.91 Å². The van der Waals surface area contributed by atoms with Crippen molar-refractivity contribution >= 4 is 33.7 Å². The van der Waals surface area contributed by atoms with Gasteiger partial charge in [0.15, 0.2) is 5.58 Å². The molecule has 1 amide bonds. The highest BCUT2D eigenvalue weighted by Crippen LogP contribution is 2.27. The number of benzene rings is 2. The highest BCUT2D eigenvalue weighted by molar-refractivity contribution is 7.82. The van der Waals surface area contributed by atoms with E-state index in [1.807, 2.05) is 22.5 Å². The smallest absolute Gasteiger partial charge is 0.408 e. The van der Waals surface area contributed by atoms with Crippen molar-refractivity contribution in [1.82, 2.24) is 8.87 Å². The molecule has 0 spiro atoms. The topological polar surface area (TPSA) is 84.5 Å². The van der Waals surface area contributed by atoms with Crippen molar-refractivity contribution in [3.05, 3.63) is 71.7 Å². The number of piperidine rings is 1. The van der Waals surface area contributed by atoms with Gasteiger partial charge in [0, 0.05) is 24.8 Å². The molecule has 1 fully saturated rings. The zero-order chi connectivity index (χ0) is 20.4. The summed E-state index contributed by atoms with van der Waals surface area (Å²) in [6.45, 7) is 4.63.